The molecule has 92 valence electrons. The van der Waals surface area contributed by atoms with Gasteiger partial charge < -0.3 is 0 Å². The highest BCUT2D eigenvalue weighted by Crippen LogP contribution is 2.29. The second-order valence-corrected chi connectivity index (χ2v) is 6.14. The first-order valence-electron chi connectivity index (χ1n) is 5.37. The summed E-state index contributed by atoms with van der Waals surface area (Å²) in [5, 5.41) is 12.4. The maximum Gasteiger partial charge on any atom is 0.216 e. The predicted molar refractivity (Wildman–Crippen MR) is 66.3 cm³/mol. The molecule has 0 radical (unpaired) electrons. The normalized spacial score (nSPS) is 11.6. The van der Waals surface area contributed by atoms with Crippen LogP contribution in [0, 0.1) is 0 Å². The third-order valence-corrected chi connectivity index (χ3v) is 3.79. The molecule has 0 aromatic carbocycles. The molecule has 0 saturated carbocycles. The van der Waals surface area contributed by atoms with Gasteiger partial charge in [0.2, 0.25) is 5.16 Å². The van der Waals surface area contributed by atoms with Crippen LogP contribution >= 0.6 is 23.3 Å². The van der Waals surface area contributed by atoms with Crippen LogP contribution in [0.25, 0.3) is 0 Å². The van der Waals surface area contributed by atoms with Crippen molar-refractivity contribution in [3.63, 3.8) is 0 Å². The molecule has 6 nitrogen and oxygen atoms in total. The van der Waals surface area contributed by atoms with Gasteiger partial charge in [-0.3, -0.25) is 0 Å². The van der Waals surface area contributed by atoms with Crippen LogP contribution in [0.4, 0.5) is 0 Å². The Morgan fingerprint density at radius 3 is 2.59 bits per heavy atom. The van der Waals surface area contributed by atoms with E-state index in [1.807, 2.05) is 13.8 Å². The summed E-state index contributed by atoms with van der Waals surface area (Å²) in [7, 11) is 0. The first kappa shape index (κ1) is 12.4. The Morgan fingerprint density at radius 2 is 2.00 bits per heavy atom. The van der Waals surface area contributed by atoms with Crippen molar-refractivity contribution >= 4 is 23.3 Å². The molecule has 17 heavy (non-hydrogen) atoms. The van der Waals surface area contributed by atoms with Crippen LogP contribution in [0.15, 0.2) is 9.50 Å². The molecule has 2 heterocycles. The monoisotopic (exact) mass is 270 g/mol. The van der Waals surface area contributed by atoms with Crippen LogP contribution in [0.2, 0.25) is 0 Å². The van der Waals surface area contributed by atoms with Gasteiger partial charge >= 0.3 is 0 Å². The highest BCUT2D eigenvalue weighted by Gasteiger charge is 2.14. The molecule has 0 spiro atoms. The maximum atomic E-state index is 4.45. The van der Waals surface area contributed by atoms with Crippen molar-refractivity contribution in [2.75, 3.05) is 0 Å². The molecule has 0 bridgehead atoms. The minimum Gasteiger partial charge on any atom is -0.218 e. The average Bonchev–Trinajstić information content (AvgIpc) is 2.86. The van der Waals surface area contributed by atoms with Crippen molar-refractivity contribution in [2.24, 2.45) is 0 Å². The predicted octanol–water partition coefficient (Wildman–Crippen LogP) is 2.38. The van der Waals surface area contributed by atoms with Crippen molar-refractivity contribution in [1.82, 2.24) is 29.6 Å². The molecule has 2 aromatic rings. The highest BCUT2D eigenvalue weighted by atomic mass is 32.2. The van der Waals surface area contributed by atoms with Gasteiger partial charge in [0.15, 0.2) is 4.34 Å². The maximum absolute atomic E-state index is 4.45. The van der Waals surface area contributed by atoms with Gasteiger partial charge in [-0.05, 0) is 47.6 Å². The van der Waals surface area contributed by atoms with Gasteiger partial charge in [-0.15, -0.1) is 5.10 Å². The van der Waals surface area contributed by atoms with Crippen LogP contribution in [-0.4, -0.2) is 29.6 Å². The Bertz CT molecular complexity index is 489. The minimum atomic E-state index is 0.241. The Balaban J connectivity index is 2.17. The largest absolute Gasteiger partial charge is 0.218 e. The van der Waals surface area contributed by atoms with Gasteiger partial charge in [-0.2, -0.15) is 4.37 Å². The second kappa shape index (κ2) is 5.09. The van der Waals surface area contributed by atoms with E-state index in [0.29, 0.717) is 5.92 Å². The fraction of sp³-hybridized carbons (Fsp3) is 0.667. The van der Waals surface area contributed by atoms with Gasteiger partial charge in [-0.25, -0.2) is 9.67 Å². The number of tetrazole rings is 1. The van der Waals surface area contributed by atoms with E-state index in [0.717, 1.165) is 15.3 Å². The van der Waals surface area contributed by atoms with E-state index in [-0.39, 0.29) is 6.04 Å². The van der Waals surface area contributed by atoms with Gasteiger partial charge in [0.05, 0.1) is 6.04 Å². The minimum absolute atomic E-state index is 0.241. The number of hydrogen-bond donors (Lipinski definition) is 0. The van der Waals surface area contributed by atoms with Gasteiger partial charge in [0.25, 0.3) is 0 Å². The third-order valence-electron chi connectivity index (χ3n) is 2.07. The Kier molecular flexibility index (Phi) is 3.72. The summed E-state index contributed by atoms with van der Waals surface area (Å²) in [6.07, 6.45) is 0. The molecule has 0 aliphatic rings. The van der Waals surface area contributed by atoms with E-state index in [2.05, 4.69) is 38.7 Å². The molecule has 0 unspecified atom stereocenters. The third kappa shape index (κ3) is 2.81. The Morgan fingerprint density at radius 1 is 1.24 bits per heavy atom. The molecule has 0 aliphatic heterocycles. The molecular formula is C9H14N6S2. The van der Waals surface area contributed by atoms with Crippen LogP contribution in [0.1, 0.15) is 45.5 Å². The lowest BCUT2D eigenvalue weighted by Crippen LogP contribution is -2.04. The van der Waals surface area contributed by atoms with Crippen molar-refractivity contribution in [1.29, 1.82) is 0 Å². The summed E-state index contributed by atoms with van der Waals surface area (Å²) in [6, 6.07) is 0.241. The fourth-order valence-electron chi connectivity index (χ4n) is 1.15. The summed E-state index contributed by atoms with van der Waals surface area (Å²) in [5.74, 6) is 1.22. The second-order valence-electron chi connectivity index (χ2n) is 4.18. The molecule has 0 N–H and O–H groups in total. The van der Waals surface area contributed by atoms with E-state index in [1.165, 1.54) is 23.3 Å². The molecule has 8 heteroatoms. The zero-order chi connectivity index (χ0) is 12.4. The van der Waals surface area contributed by atoms with E-state index in [9.17, 15) is 0 Å². The van der Waals surface area contributed by atoms with Crippen molar-refractivity contribution < 1.29 is 0 Å². The summed E-state index contributed by atoms with van der Waals surface area (Å²) in [5.41, 5.74) is 0. The summed E-state index contributed by atoms with van der Waals surface area (Å²) in [6.45, 7) is 8.24. The lowest BCUT2D eigenvalue weighted by Gasteiger charge is -2.04. The molecule has 0 aliphatic carbocycles. The van der Waals surface area contributed by atoms with E-state index in [1.54, 1.807) is 4.68 Å². The molecule has 2 aromatic heterocycles. The molecular weight excluding hydrogens is 256 g/mol. The Hall–Kier alpha value is -1.02. The molecule has 2 rings (SSSR count). The van der Waals surface area contributed by atoms with Gasteiger partial charge in [0, 0.05) is 5.92 Å². The zero-order valence-corrected chi connectivity index (χ0v) is 11.8. The number of aromatic nitrogens is 6. The standard InChI is InChI=1S/C9H14N6S2/c1-5(2)7-10-9(17-12-7)16-8-11-13-14-15(8)6(3)4/h5-6H,1-4H3. The molecule has 0 saturated heterocycles. The first-order valence-corrected chi connectivity index (χ1v) is 6.96. The molecule has 0 atom stereocenters. The first-order chi connectivity index (χ1) is 8.08. The molecule has 0 amide bonds. The van der Waals surface area contributed by atoms with Crippen LogP contribution in [0.5, 0.6) is 0 Å². The quantitative estimate of drug-likeness (QED) is 0.849. The molecule has 0 fully saturated rings. The fourth-order valence-corrected chi connectivity index (χ4v) is 2.91. The number of rotatable bonds is 4. The van der Waals surface area contributed by atoms with Crippen molar-refractivity contribution in [3.8, 4) is 0 Å². The summed E-state index contributed by atoms with van der Waals surface area (Å²) in [4.78, 5) is 4.45. The van der Waals surface area contributed by atoms with Crippen LogP contribution in [0.3, 0.4) is 0 Å². The Labute approximate surface area is 108 Å². The van der Waals surface area contributed by atoms with Crippen LogP contribution in [-0.2, 0) is 0 Å². The smallest absolute Gasteiger partial charge is 0.216 e. The zero-order valence-electron chi connectivity index (χ0n) is 10.2. The van der Waals surface area contributed by atoms with Gasteiger partial charge in [0.1, 0.15) is 5.82 Å². The summed E-state index contributed by atoms with van der Waals surface area (Å²) < 4.78 is 6.96. The number of hydrogen-bond acceptors (Lipinski definition) is 7. The topological polar surface area (TPSA) is 69.4 Å². The van der Waals surface area contributed by atoms with E-state index < -0.39 is 0 Å². The lowest BCUT2D eigenvalue weighted by atomic mass is 10.2. The van der Waals surface area contributed by atoms with E-state index in [4.69, 9.17) is 0 Å². The SMILES string of the molecule is CC(C)c1nsc(Sc2nnnn2C(C)C)n1. The van der Waals surface area contributed by atoms with Crippen LogP contribution < -0.4 is 0 Å². The van der Waals surface area contributed by atoms with Gasteiger partial charge in [-0.1, -0.05) is 13.8 Å². The summed E-state index contributed by atoms with van der Waals surface area (Å²) >= 11 is 2.85. The van der Waals surface area contributed by atoms with E-state index >= 15 is 0 Å². The van der Waals surface area contributed by atoms with Crippen molar-refractivity contribution in [3.05, 3.63) is 5.82 Å². The lowest BCUT2D eigenvalue weighted by molar-refractivity contribution is 0.477. The highest BCUT2D eigenvalue weighted by molar-refractivity contribution is 8.00. The average molecular weight is 270 g/mol. The number of nitrogens with zero attached hydrogens (tertiary/aromatic N) is 6. The van der Waals surface area contributed by atoms with Crippen molar-refractivity contribution in [2.45, 2.75) is 49.2 Å².